The maximum Gasteiger partial charge on any atom is 0.333 e. The Bertz CT molecular complexity index is 2330. The summed E-state index contributed by atoms with van der Waals surface area (Å²) in [6.07, 6.45) is 1.48. The molecule has 1 aromatic heterocycles. The number of likely N-dealkylation sites (N-methyl/N-ethyl adjacent to an activating group) is 1. The Labute approximate surface area is 323 Å². The Morgan fingerprint density at radius 3 is 2.62 bits per heavy atom. The number of phenolic OH excluding ortho intramolecular Hbond substituents is 1. The minimum absolute atomic E-state index is 0.0122. The molecular formula is C42H46N4O8S. The monoisotopic (exact) mass is 766 g/mol. The van der Waals surface area contributed by atoms with Crippen molar-refractivity contribution in [1.29, 1.82) is 0 Å². The highest BCUT2D eigenvalue weighted by atomic mass is 32.2. The van der Waals surface area contributed by atoms with Gasteiger partial charge in [-0.3, -0.25) is 19.9 Å². The number of benzene rings is 3. The standard InChI is InChI=1S/C42H46N4O8S/c1-18-12-23-14-27-21(4)46-28-15-51-41(49)42(40-25(13-19(2)44-42)24-10-8-9-11-26(24)43-40)16-55-39(33(46)32(45(27)6)29(23)34(48)35(18)50-7)31-30(28)38-37(52-17-53-38)20(3)36(31)54-22(5)47/h8-12,19,21,27-28,32-33,39,43-44,48H,13-17H2,1-7H3/t19-,21+,27+,28?,32?,33-,39-,42-/m1/s1. The molecule has 8 atom stereocenters. The van der Waals surface area contributed by atoms with Crippen molar-refractivity contribution in [3.8, 4) is 28.7 Å². The number of ether oxygens (including phenoxy) is 5. The number of H-pyrrole nitrogens is 1. The highest BCUT2D eigenvalue weighted by Crippen LogP contribution is 2.64. The summed E-state index contributed by atoms with van der Waals surface area (Å²) in [4.78, 5) is 36.5. The number of para-hydroxylation sites is 1. The van der Waals surface area contributed by atoms with Crippen molar-refractivity contribution in [1.82, 2.24) is 20.1 Å². The minimum atomic E-state index is -1.20. The zero-order valence-electron chi connectivity index (χ0n) is 32.1. The van der Waals surface area contributed by atoms with Gasteiger partial charge in [0.1, 0.15) is 12.4 Å². The van der Waals surface area contributed by atoms with Gasteiger partial charge in [0.2, 0.25) is 6.79 Å². The first-order valence-electron chi connectivity index (χ1n) is 19.1. The molecule has 55 heavy (non-hydrogen) atoms. The number of nitrogens with zero attached hydrogens (tertiary/aromatic N) is 2. The molecule has 3 aromatic carbocycles. The molecule has 288 valence electrons. The molecule has 1 spiro atoms. The van der Waals surface area contributed by atoms with Gasteiger partial charge in [0, 0.05) is 70.0 Å². The van der Waals surface area contributed by atoms with E-state index in [-0.39, 0.29) is 60.6 Å². The molecule has 8 heterocycles. The lowest BCUT2D eigenvalue weighted by molar-refractivity contribution is -0.158. The first kappa shape index (κ1) is 35.0. The fourth-order valence-electron chi connectivity index (χ4n) is 11.1. The van der Waals surface area contributed by atoms with Crippen molar-refractivity contribution in [3.05, 3.63) is 75.0 Å². The predicted octanol–water partition coefficient (Wildman–Crippen LogP) is 5.64. The van der Waals surface area contributed by atoms with Crippen molar-refractivity contribution >= 4 is 34.6 Å². The van der Waals surface area contributed by atoms with Crippen LogP contribution in [-0.4, -0.2) is 89.3 Å². The second-order valence-electron chi connectivity index (χ2n) is 16.2. The van der Waals surface area contributed by atoms with Gasteiger partial charge in [0.15, 0.2) is 28.5 Å². The van der Waals surface area contributed by atoms with Gasteiger partial charge in [-0.15, -0.1) is 11.8 Å². The van der Waals surface area contributed by atoms with Gasteiger partial charge in [-0.05, 0) is 70.3 Å². The summed E-state index contributed by atoms with van der Waals surface area (Å²) in [5.74, 6) is 1.74. The lowest BCUT2D eigenvalue weighted by Gasteiger charge is -2.63. The van der Waals surface area contributed by atoms with E-state index in [1.165, 1.54) is 6.92 Å². The van der Waals surface area contributed by atoms with Crippen LogP contribution in [0.3, 0.4) is 0 Å². The number of fused-ring (bicyclic) bond motifs is 11. The van der Waals surface area contributed by atoms with Crippen LogP contribution < -0.4 is 24.3 Å². The zero-order valence-corrected chi connectivity index (χ0v) is 32.9. The molecule has 7 aliphatic heterocycles. The third-order valence-electron chi connectivity index (χ3n) is 13.2. The number of aryl methyl sites for hydroxylation is 1. The number of rotatable bonds is 2. The third-order valence-corrected chi connectivity index (χ3v) is 14.7. The van der Waals surface area contributed by atoms with Crippen molar-refractivity contribution in [2.75, 3.05) is 33.3 Å². The molecule has 0 saturated carbocycles. The van der Waals surface area contributed by atoms with Crippen LogP contribution in [0.2, 0.25) is 0 Å². The molecule has 13 heteroatoms. The maximum absolute atomic E-state index is 15.0. The number of hydrogen-bond donors (Lipinski definition) is 3. The van der Waals surface area contributed by atoms with Crippen LogP contribution in [0.5, 0.6) is 28.7 Å². The van der Waals surface area contributed by atoms with Gasteiger partial charge in [-0.2, -0.15) is 0 Å². The smallest absolute Gasteiger partial charge is 0.333 e. The average molecular weight is 767 g/mol. The largest absolute Gasteiger partial charge is 0.504 e. The van der Waals surface area contributed by atoms with Crippen LogP contribution in [-0.2, 0) is 32.7 Å². The van der Waals surface area contributed by atoms with E-state index in [1.54, 1.807) is 18.9 Å². The van der Waals surface area contributed by atoms with E-state index in [4.69, 9.17) is 23.7 Å². The third kappa shape index (κ3) is 4.69. The molecule has 12 nitrogen and oxygen atoms in total. The first-order chi connectivity index (χ1) is 26.4. The van der Waals surface area contributed by atoms with Crippen LogP contribution in [0.1, 0.15) is 82.7 Å². The fourth-order valence-corrected chi connectivity index (χ4v) is 12.8. The molecule has 0 aliphatic carbocycles. The van der Waals surface area contributed by atoms with Gasteiger partial charge >= 0.3 is 11.9 Å². The fraction of sp³-hybridized carbons (Fsp3) is 0.476. The number of carbonyl (C=O) groups excluding carboxylic acids is 2. The van der Waals surface area contributed by atoms with E-state index in [0.29, 0.717) is 34.3 Å². The summed E-state index contributed by atoms with van der Waals surface area (Å²) in [7, 11) is 3.74. The van der Waals surface area contributed by atoms with Crippen LogP contribution in [0, 0.1) is 13.8 Å². The van der Waals surface area contributed by atoms with Gasteiger partial charge < -0.3 is 33.8 Å². The highest BCUT2D eigenvalue weighted by molar-refractivity contribution is 7.99. The number of thioether (sulfide) groups is 1. The van der Waals surface area contributed by atoms with E-state index in [0.717, 1.165) is 62.8 Å². The summed E-state index contributed by atoms with van der Waals surface area (Å²) in [5.41, 5.74) is 6.90. The first-order valence-corrected chi connectivity index (χ1v) is 20.2. The number of aromatic amines is 1. The number of methoxy groups -OCH3 is 1. The van der Waals surface area contributed by atoms with E-state index in [2.05, 4.69) is 59.2 Å². The molecule has 2 unspecified atom stereocenters. The minimum Gasteiger partial charge on any atom is -0.504 e. The molecule has 0 amide bonds. The Hall–Kier alpha value is -4.43. The van der Waals surface area contributed by atoms with Crippen LogP contribution >= 0.6 is 11.8 Å². The number of phenols is 1. The summed E-state index contributed by atoms with van der Waals surface area (Å²) in [5, 5.41) is 16.6. The summed E-state index contributed by atoms with van der Waals surface area (Å²) >= 11 is 1.66. The van der Waals surface area contributed by atoms with Crippen molar-refractivity contribution < 1.29 is 38.4 Å². The van der Waals surface area contributed by atoms with Crippen molar-refractivity contribution in [2.24, 2.45) is 0 Å². The predicted molar refractivity (Wildman–Crippen MR) is 206 cm³/mol. The van der Waals surface area contributed by atoms with E-state index in [9.17, 15) is 14.7 Å². The van der Waals surface area contributed by atoms with Crippen molar-refractivity contribution in [3.63, 3.8) is 0 Å². The SMILES string of the molecule is COc1c(C)cc2c(c1O)C1[C@@H]3[C@@H]4SC[C@]5(N[C@H](C)Cc6c5[nH]c5ccccc65)C(=O)OCC(c5c6c(c(C)c(OC(C)=O)c54)OCO6)N3[C@@H](C)[C@H](C2)N1C. The number of esters is 2. The van der Waals surface area contributed by atoms with Crippen LogP contribution in [0.15, 0.2) is 30.3 Å². The number of aromatic nitrogens is 1. The molecule has 11 rings (SSSR count). The number of carbonyl (C=O) groups is 2. The van der Waals surface area contributed by atoms with Gasteiger partial charge in [0.05, 0.1) is 30.1 Å². The van der Waals surface area contributed by atoms with Gasteiger partial charge in [0.25, 0.3) is 0 Å². The Morgan fingerprint density at radius 2 is 1.84 bits per heavy atom. The molecule has 4 bridgehead atoms. The molecule has 7 aliphatic rings. The molecule has 2 saturated heterocycles. The summed E-state index contributed by atoms with van der Waals surface area (Å²) in [6.45, 7) is 9.71. The molecule has 2 fully saturated rings. The Morgan fingerprint density at radius 1 is 1.05 bits per heavy atom. The second-order valence-corrected chi connectivity index (χ2v) is 17.3. The normalized spacial score (nSPS) is 30.7. The number of hydrogen-bond acceptors (Lipinski definition) is 12. The molecule has 0 radical (unpaired) electrons. The average Bonchev–Trinajstić information content (AvgIpc) is 3.79. The highest BCUT2D eigenvalue weighted by Gasteiger charge is 2.61. The number of piperazine rings is 1. The van der Waals surface area contributed by atoms with E-state index < -0.39 is 17.6 Å². The molecule has 3 N–H and O–H groups in total. The summed E-state index contributed by atoms with van der Waals surface area (Å²) in [6, 6.07) is 9.35. The number of nitrogens with one attached hydrogen (secondary N) is 2. The van der Waals surface area contributed by atoms with Crippen LogP contribution in [0.4, 0.5) is 0 Å². The van der Waals surface area contributed by atoms with Gasteiger partial charge in [-0.1, -0.05) is 24.3 Å². The zero-order chi connectivity index (χ0) is 38.2. The summed E-state index contributed by atoms with van der Waals surface area (Å²) < 4.78 is 31.1. The van der Waals surface area contributed by atoms with E-state index >= 15 is 0 Å². The quantitative estimate of drug-likeness (QED) is 0.172. The topological polar surface area (TPSA) is 135 Å². The lowest BCUT2D eigenvalue weighted by atomic mass is 9.71. The van der Waals surface area contributed by atoms with E-state index in [1.807, 2.05) is 26.0 Å². The Balaban J connectivity index is 1.25. The Kier molecular flexibility index (Phi) is 7.82. The number of aromatic hydroxyl groups is 1. The molecular weight excluding hydrogens is 721 g/mol. The molecule has 4 aromatic rings. The second kappa shape index (κ2) is 12.3. The maximum atomic E-state index is 15.0. The van der Waals surface area contributed by atoms with Gasteiger partial charge in [-0.25, -0.2) is 4.79 Å². The van der Waals surface area contributed by atoms with Crippen LogP contribution in [0.25, 0.3) is 10.9 Å². The lowest BCUT2D eigenvalue weighted by Crippen LogP contribution is -2.69. The van der Waals surface area contributed by atoms with Crippen molar-refractivity contribution in [2.45, 2.75) is 94.5 Å².